The van der Waals surface area contributed by atoms with Crippen molar-refractivity contribution >= 4 is 5.97 Å². The molecular weight excluding hydrogens is 242 g/mol. The number of benzene rings is 1. The summed E-state index contributed by atoms with van der Waals surface area (Å²) >= 11 is 0. The van der Waals surface area contributed by atoms with Crippen LogP contribution in [0, 0.1) is 5.92 Å². The van der Waals surface area contributed by atoms with Gasteiger partial charge in [0.2, 0.25) is 0 Å². The molecule has 1 aliphatic heterocycles. The smallest absolute Gasteiger partial charge is 0.325 e. The van der Waals surface area contributed by atoms with Crippen LogP contribution in [0.1, 0.15) is 30.9 Å². The highest BCUT2D eigenvalue weighted by molar-refractivity contribution is 5.76. The number of carbonyl (C=O) groups is 1. The van der Waals surface area contributed by atoms with Crippen LogP contribution in [0.3, 0.4) is 0 Å². The molecule has 1 aliphatic carbocycles. The van der Waals surface area contributed by atoms with E-state index < -0.39 is 12.0 Å². The predicted octanol–water partition coefficient (Wildman–Crippen LogP) is 2.31. The first-order valence-corrected chi connectivity index (χ1v) is 6.94. The van der Waals surface area contributed by atoms with Gasteiger partial charge in [-0.3, -0.25) is 9.69 Å². The fourth-order valence-corrected chi connectivity index (χ4v) is 2.93. The molecule has 1 saturated carbocycles. The Kier molecular flexibility index (Phi) is 3.42. The molecule has 0 bridgehead atoms. The zero-order valence-electron chi connectivity index (χ0n) is 10.9. The highest BCUT2D eigenvalue weighted by Gasteiger charge is 2.34. The minimum atomic E-state index is -0.780. The number of hydrogen-bond acceptors (Lipinski definition) is 3. The molecule has 0 radical (unpaired) electrons. The van der Waals surface area contributed by atoms with Crippen molar-refractivity contribution in [2.75, 3.05) is 19.7 Å². The maximum absolute atomic E-state index is 11.7. The summed E-state index contributed by atoms with van der Waals surface area (Å²) in [5.74, 6) is 0.593. The van der Waals surface area contributed by atoms with E-state index >= 15 is 0 Å². The van der Waals surface area contributed by atoms with Gasteiger partial charge in [0.1, 0.15) is 18.4 Å². The Morgan fingerprint density at radius 1 is 1.37 bits per heavy atom. The van der Waals surface area contributed by atoms with Crippen LogP contribution < -0.4 is 4.74 Å². The number of carboxylic acid groups (broad SMARTS) is 1. The molecule has 1 heterocycles. The largest absolute Gasteiger partial charge is 0.492 e. The van der Waals surface area contributed by atoms with Crippen molar-refractivity contribution in [3.8, 4) is 5.75 Å². The molecule has 0 spiro atoms. The van der Waals surface area contributed by atoms with E-state index in [1.54, 1.807) is 0 Å². The Bertz CT molecular complexity index is 470. The van der Waals surface area contributed by atoms with Crippen LogP contribution in [0.25, 0.3) is 0 Å². The summed E-state index contributed by atoms with van der Waals surface area (Å²) < 4.78 is 5.69. The van der Waals surface area contributed by atoms with Gasteiger partial charge in [0.25, 0.3) is 0 Å². The van der Waals surface area contributed by atoms with E-state index in [1.807, 2.05) is 24.3 Å². The van der Waals surface area contributed by atoms with Crippen molar-refractivity contribution in [3.05, 3.63) is 29.8 Å². The molecular formula is C15H19NO3. The first-order valence-electron chi connectivity index (χ1n) is 6.94. The monoisotopic (exact) mass is 261 g/mol. The van der Waals surface area contributed by atoms with Crippen molar-refractivity contribution in [2.45, 2.75) is 25.3 Å². The van der Waals surface area contributed by atoms with Crippen molar-refractivity contribution in [2.24, 2.45) is 5.92 Å². The lowest BCUT2D eigenvalue weighted by Crippen LogP contribution is -2.40. The second-order valence-electron chi connectivity index (χ2n) is 5.42. The van der Waals surface area contributed by atoms with Gasteiger partial charge in [0.15, 0.2) is 0 Å². The molecule has 1 aromatic rings. The fourth-order valence-electron chi connectivity index (χ4n) is 2.93. The molecule has 1 fully saturated rings. The molecule has 1 unspecified atom stereocenters. The van der Waals surface area contributed by atoms with Gasteiger partial charge in [0.05, 0.1) is 0 Å². The van der Waals surface area contributed by atoms with Crippen LogP contribution in [0.5, 0.6) is 5.75 Å². The van der Waals surface area contributed by atoms with Gasteiger partial charge >= 0.3 is 5.97 Å². The van der Waals surface area contributed by atoms with E-state index in [0.717, 1.165) is 12.1 Å². The summed E-state index contributed by atoms with van der Waals surface area (Å²) in [7, 11) is 0. The van der Waals surface area contributed by atoms with E-state index in [4.69, 9.17) is 4.74 Å². The van der Waals surface area contributed by atoms with Gasteiger partial charge in [-0.2, -0.15) is 0 Å². The number of rotatable bonds is 3. The molecule has 2 aliphatic rings. The van der Waals surface area contributed by atoms with E-state index in [9.17, 15) is 9.90 Å². The quantitative estimate of drug-likeness (QED) is 0.907. The molecule has 0 amide bonds. The summed E-state index contributed by atoms with van der Waals surface area (Å²) in [5, 5.41) is 9.59. The Morgan fingerprint density at radius 3 is 2.84 bits per heavy atom. The van der Waals surface area contributed by atoms with Gasteiger partial charge in [-0.05, 0) is 24.8 Å². The number of nitrogens with zero attached hydrogens (tertiary/aromatic N) is 1. The molecule has 1 aromatic carbocycles. The highest BCUT2D eigenvalue weighted by atomic mass is 16.5. The van der Waals surface area contributed by atoms with Crippen LogP contribution in [-0.4, -0.2) is 35.7 Å². The third-order valence-electron chi connectivity index (χ3n) is 4.17. The molecule has 19 heavy (non-hydrogen) atoms. The number of aliphatic carboxylic acids is 1. The third-order valence-corrected chi connectivity index (χ3v) is 4.17. The highest BCUT2D eigenvalue weighted by Crippen LogP contribution is 2.35. The normalized spacial score (nSPS) is 23.9. The van der Waals surface area contributed by atoms with Gasteiger partial charge in [-0.1, -0.05) is 24.6 Å². The Balaban J connectivity index is 1.89. The lowest BCUT2D eigenvalue weighted by atomic mass is 9.84. The zero-order valence-corrected chi connectivity index (χ0v) is 10.9. The Hall–Kier alpha value is -1.55. The minimum absolute atomic E-state index is 0.563. The van der Waals surface area contributed by atoms with Crippen LogP contribution in [0.15, 0.2) is 24.3 Å². The van der Waals surface area contributed by atoms with Crippen molar-refractivity contribution in [3.63, 3.8) is 0 Å². The van der Waals surface area contributed by atoms with Crippen molar-refractivity contribution in [1.82, 2.24) is 4.90 Å². The summed E-state index contributed by atoms with van der Waals surface area (Å²) in [6, 6.07) is 6.93. The lowest BCUT2D eigenvalue weighted by molar-refractivity contribution is -0.144. The maximum atomic E-state index is 11.7. The molecule has 4 heteroatoms. The molecule has 4 nitrogen and oxygen atoms in total. The van der Waals surface area contributed by atoms with Gasteiger partial charge in [-0.25, -0.2) is 0 Å². The second-order valence-corrected chi connectivity index (χ2v) is 5.42. The second kappa shape index (κ2) is 5.21. The number of carboxylic acids is 1. The molecule has 0 saturated heterocycles. The van der Waals surface area contributed by atoms with Crippen LogP contribution in [0.4, 0.5) is 0 Å². The molecule has 0 aromatic heterocycles. The van der Waals surface area contributed by atoms with Crippen molar-refractivity contribution in [1.29, 1.82) is 0 Å². The minimum Gasteiger partial charge on any atom is -0.492 e. The molecule has 3 rings (SSSR count). The summed E-state index contributed by atoms with van der Waals surface area (Å²) in [5.41, 5.74) is 0.784. The average molecular weight is 261 g/mol. The van der Waals surface area contributed by atoms with E-state index in [1.165, 1.54) is 19.3 Å². The zero-order chi connectivity index (χ0) is 13.2. The van der Waals surface area contributed by atoms with Crippen LogP contribution in [0.2, 0.25) is 0 Å². The number of ether oxygens (including phenoxy) is 1. The van der Waals surface area contributed by atoms with E-state index in [0.29, 0.717) is 24.8 Å². The Morgan fingerprint density at radius 2 is 2.16 bits per heavy atom. The fraction of sp³-hybridized carbons (Fsp3) is 0.533. The maximum Gasteiger partial charge on any atom is 0.325 e. The van der Waals surface area contributed by atoms with E-state index in [2.05, 4.69) is 4.90 Å². The standard InChI is InChI=1S/C15H19NO3/c17-15(18)14-12-6-1-2-7-13(12)19-9-8-16(14)10-11-4-3-5-11/h1-2,6-7,11,14H,3-5,8-10H2,(H,17,18). The van der Waals surface area contributed by atoms with Gasteiger partial charge in [-0.15, -0.1) is 0 Å². The molecule has 1 N–H and O–H groups in total. The van der Waals surface area contributed by atoms with Gasteiger partial charge < -0.3 is 9.84 Å². The average Bonchev–Trinajstić information content (AvgIpc) is 2.52. The Labute approximate surface area is 113 Å². The lowest BCUT2D eigenvalue weighted by Gasteiger charge is -2.34. The topological polar surface area (TPSA) is 49.8 Å². The molecule has 102 valence electrons. The first-order chi connectivity index (χ1) is 9.25. The number of fused-ring (bicyclic) bond motifs is 1. The SMILES string of the molecule is O=C(O)C1c2ccccc2OCCN1CC1CCC1. The third kappa shape index (κ3) is 2.45. The van der Waals surface area contributed by atoms with Crippen LogP contribution >= 0.6 is 0 Å². The number of para-hydroxylation sites is 1. The number of hydrogen-bond donors (Lipinski definition) is 1. The summed E-state index contributed by atoms with van der Waals surface area (Å²) in [6.07, 6.45) is 3.74. The van der Waals surface area contributed by atoms with Gasteiger partial charge in [0, 0.05) is 18.7 Å². The van der Waals surface area contributed by atoms with Crippen LogP contribution in [-0.2, 0) is 4.79 Å². The first kappa shape index (κ1) is 12.5. The van der Waals surface area contributed by atoms with E-state index in [-0.39, 0.29) is 0 Å². The molecule has 1 atom stereocenters. The predicted molar refractivity (Wildman–Crippen MR) is 71.2 cm³/mol. The summed E-state index contributed by atoms with van der Waals surface area (Å²) in [4.78, 5) is 13.7. The van der Waals surface area contributed by atoms with Crippen molar-refractivity contribution < 1.29 is 14.6 Å². The summed E-state index contributed by atoms with van der Waals surface area (Å²) in [6.45, 7) is 2.12.